The van der Waals surface area contributed by atoms with Gasteiger partial charge < -0.3 is 14.8 Å². The standard InChI is InChI=1S/C17H33NO2/c1-5-11-18-15(16(3,4)19-6-2)14-8-12-20-17(13-14)9-7-10-17/h14-15,18H,5-13H2,1-4H3. The number of nitrogens with one attached hydrogen (secondary N) is 1. The minimum absolute atomic E-state index is 0.100. The highest BCUT2D eigenvalue weighted by molar-refractivity contribution is 5.00. The molecule has 0 aromatic heterocycles. The third-order valence-electron chi connectivity index (χ3n) is 5.15. The fourth-order valence-corrected chi connectivity index (χ4v) is 4.01. The van der Waals surface area contributed by atoms with Crippen LogP contribution in [0.4, 0.5) is 0 Å². The molecule has 2 unspecified atom stereocenters. The first kappa shape index (κ1) is 16.3. The Kier molecular flexibility index (Phi) is 5.49. The topological polar surface area (TPSA) is 30.5 Å². The third-order valence-corrected chi connectivity index (χ3v) is 5.15. The summed E-state index contributed by atoms with van der Waals surface area (Å²) in [6.07, 6.45) is 7.42. The van der Waals surface area contributed by atoms with Crippen molar-refractivity contribution in [2.75, 3.05) is 19.8 Å². The molecule has 3 heteroatoms. The minimum Gasteiger partial charge on any atom is -0.375 e. The minimum atomic E-state index is -0.100. The lowest BCUT2D eigenvalue weighted by Gasteiger charge is -2.51. The smallest absolute Gasteiger partial charge is 0.0781 e. The molecule has 0 bridgehead atoms. The lowest BCUT2D eigenvalue weighted by atomic mass is 9.68. The van der Waals surface area contributed by atoms with Crippen molar-refractivity contribution in [1.82, 2.24) is 5.32 Å². The van der Waals surface area contributed by atoms with Gasteiger partial charge in [-0.25, -0.2) is 0 Å². The van der Waals surface area contributed by atoms with E-state index < -0.39 is 0 Å². The van der Waals surface area contributed by atoms with Crippen molar-refractivity contribution in [1.29, 1.82) is 0 Å². The van der Waals surface area contributed by atoms with E-state index in [0.29, 0.717) is 12.0 Å². The fourth-order valence-electron chi connectivity index (χ4n) is 4.01. The zero-order chi connectivity index (χ0) is 14.6. The Bertz CT molecular complexity index is 299. The highest BCUT2D eigenvalue weighted by Crippen LogP contribution is 2.46. The van der Waals surface area contributed by atoms with Crippen molar-refractivity contribution >= 4 is 0 Å². The number of ether oxygens (including phenoxy) is 2. The Morgan fingerprint density at radius 3 is 2.65 bits per heavy atom. The molecule has 2 fully saturated rings. The number of hydrogen-bond donors (Lipinski definition) is 1. The van der Waals surface area contributed by atoms with Crippen molar-refractivity contribution in [2.24, 2.45) is 5.92 Å². The van der Waals surface area contributed by atoms with Crippen molar-refractivity contribution in [3.8, 4) is 0 Å². The molecule has 118 valence electrons. The first-order valence-corrected chi connectivity index (χ1v) is 8.54. The predicted molar refractivity (Wildman–Crippen MR) is 83.0 cm³/mol. The van der Waals surface area contributed by atoms with Gasteiger partial charge in [-0.05, 0) is 71.8 Å². The molecule has 1 spiro atoms. The van der Waals surface area contributed by atoms with Gasteiger partial charge in [0.1, 0.15) is 0 Å². The van der Waals surface area contributed by atoms with Crippen LogP contribution in [0.15, 0.2) is 0 Å². The van der Waals surface area contributed by atoms with E-state index in [0.717, 1.165) is 19.8 Å². The van der Waals surface area contributed by atoms with Gasteiger partial charge in [0, 0.05) is 19.3 Å². The summed E-state index contributed by atoms with van der Waals surface area (Å²) in [6.45, 7) is 11.6. The monoisotopic (exact) mass is 283 g/mol. The van der Waals surface area contributed by atoms with Crippen molar-refractivity contribution < 1.29 is 9.47 Å². The highest BCUT2D eigenvalue weighted by atomic mass is 16.5. The Hall–Kier alpha value is -0.120. The number of hydrogen-bond acceptors (Lipinski definition) is 3. The summed E-state index contributed by atoms with van der Waals surface area (Å²) in [5, 5.41) is 3.77. The van der Waals surface area contributed by atoms with Crippen LogP contribution in [0.2, 0.25) is 0 Å². The quantitative estimate of drug-likeness (QED) is 0.775. The van der Waals surface area contributed by atoms with Gasteiger partial charge in [-0.3, -0.25) is 0 Å². The maximum atomic E-state index is 6.09. The molecule has 3 nitrogen and oxygen atoms in total. The van der Waals surface area contributed by atoms with E-state index in [1.54, 1.807) is 0 Å². The number of rotatable bonds is 7. The maximum absolute atomic E-state index is 6.09. The van der Waals surface area contributed by atoms with Crippen LogP contribution in [0.25, 0.3) is 0 Å². The molecular weight excluding hydrogens is 250 g/mol. The van der Waals surface area contributed by atoms with Gasteiger partial charge in [0.05, 0.1) is 11.2 Å². The van der Waals surface area contributed by atoms with Gasteiger partial charge >= 0.3 is 0 Å². The fraction of sp³-hybridized carbons (Fsp3) is 1.00. The second-order valence-electron chi connectivity index (χ2n) is 7.11. The van der Waals surface area contributed by atoms with E-state index in [1.165, 1.54) is 38.5 Å². The molecule has 2 aliphatic rings. The molecule has 2 atom stereocenters. The molecule has 1 saturated heterocycles. The molecular formula is C17H33NO2. The Morgan fingerprint density at radius 2 is 2.10 bits per heavy atom. The van der Waals surface area contributed by atoms with Crippen molar-refractivity contribution in [3.05, 3.63) is 0 Å². The average Bonchev–Trinajstić information content (AvgIpc) is 2.37. The Morgan fingerprint density at radius 1 is 1.35 bits per heavy atom. The van der Waals surface area contributed by atoms with Crippen LogP contribution in [-0.2, 0) is 9.47 Å². The maximum Gasteiger partial charge on any atom is 0.0781 e. The van der Waals surface area contributed by atoms with Gasteiger partial charge in [-0.1, -0.05) is 6.92 Å². The summed E-state index contributed by atoms with van der Waals surface area (Å²) >= 11 is 0. The molecule has 20 heavy (non-hydrogen) atoms. The molecule has 0 aromatic rings. The normalized spacial score (nSPS) is 27.3. The lowest BCUT2D eigenvalue weighted by molar-refractivity contribution is -0.159. The molecule has 0 aromatic carbocycles. The zero-order valence-corrected chi connectivity index (χ0v) is 13.8. The molecule has 1 N–H and O–H groups in total. The van der Waals surface area contributed by atoms with Gasteiger partial charge in [0.25, 0.3) is 0 Å². The summed E-state index contributed by atoms with van der Waals surface area (Å²) in [6, 6.07) is 0.434. The summed E-state index contributed by atoms with van der Waals surface area (Å²) in [7, 11) is 0. The van der Waals surface area contributed by atoms with E-state index in [1.807, 2.05) is 0 Å². The SMILES string of the molecule is CCCNC(C1CCOC2(CCC2)C1)C(C)(C)OCC. The molecule has 1 aliphatic carbocycles. The first-order valence-electron chi connectivity index (χ1n) is 8.54. The second-order valence-corrected chi connectivity index (χ2v) is 7.11. The summed E-state index contributed by atoms with van der Waals surface area (Å²) < 4.78 is 12.1. The van der Waals surface area contributed by atoms with Gasteiger partial charge in [0.2, 0.25) is 0 Å². The molecule has 2 rings (SSSR count). The first-order chi connectivity index (χ1) is 9.53. The molecule has 1 saturated carbocycles. The van der Waals surface area contributed by atoms with Gasteiger partial charge in [-0.15, -0.1) is 0 Å². The molecule has 0 radical (unpaired) electrons. The Labute approximate surface area is 124 Å². The van der Waals surface area contributed by atoms with Gasteiger partial charge in [-0.2, -0.15) is 0 Å². The van der Waals surface area contributed by atoms with E-state index >= 15 is 0 Å². The molecule has 1 aliphatic heterocycles. The summed E-state index contributed by atoms with van der Waals surface area (Å²) in [4.78, 5) is 0. The van der Waals surface area contributed by atoms with E-state index in [9.17, 15) is 0 Å². The average molecular weight is 283 g/mol. The van der Waals surface area contributed by atoms with Crippen LogP contribution in [0.3, 0.4) is 0 Å². The summed E-state index contributed by atoms with van der Waals surface area (Å²) in [5.74, 6) is 0.678. The van der Waals surface area contributed by atoms with Crippen LogP contribution < -0.4 is 5.32 Å². The Balaban J connectivity index is 2.04. The summed E-state index contributed by atoms with van der Waals surface area (Å²) in [5.41, 5.74) is 0.119. The van der Waals surface area contributed by atoms with Crippen LogP contribution in [-0.4, -0.2) is 37.0 Å². The van der Waals surface area contributed by atoms with Crippen molar-refractivity contribution in [2.45, 2.75) is 83.5 Å². The van der Waals surface area contributed by atoms with E-state index in [2.05, 4.69) is 33.0 Å². The third kappa shape index (κ3) is 3.55. The van der Waals surface area contributed by atoms with Gasteiger partial charge in [0.15, 0.2) is 0 Å². The van der Waals surface area contributed by atoms with E-state index in [-0.39, 0.29) is 11.2 Å². The van der Waals surface area contributed by atoms with Crippen LogP contribution in [0.5, 0.6) is 0 Å². The van der Waals surface area contributed by atoms with E-state index in [4.69, 9.17) is 9.47 Å². The lowest BCUT2D eigenvalue weighted by Crippen LogP contribution is -2.57. The predicted octanol–water partition coefficient (Wildman–Crippen LogP) is 3.52. The van der Waals surface area contributed by atoms with Crippen molar-refractivity contribution in [3.63, 3.8) is 0 Å². The largest absolute Gasteiger partial charge is 0.375 e. The second kappa shape index (κ2) is 6.76. The van der Waals surface area contributed by atoms with Crippen LogP contribution in [0, 0.1) is 5.92 Å². The van der Waals surface area contributed by atoms with Crippen LogP contribution in [0.1, 0.15) is 66.2 Å². The zero-order valence-electron chi connectivity index (χ0n) is 13.8. The van der Waals surface area contributed by atoms with Crippen LogP contribution >= 0.6 is 0 Å². The highest BCUT2D eigenvalue weighted by Gasteiger charge is 2.47. The molecule has 0 amide bonds. The molecule has 1 heterocycles.